The number of nitrogens with zero attached hydrogens (tertiary/aromatic N) is 2. The van der Waals surface area contributed by atoms with Gasteiger partial charge in [-0.1, -0.05) is 11.4 Å². The normalized spacial score (nSPS) is 10.6. The van der Waals surface area contributed by atoms with Crippen molar-refractivity contribution in [2.75, 3.05) is 20.1 Å². The van der Waals surface area contributed by atoms with Crippen LogP contribution in [0.1, 0.15) is 17.5 Å². The summed E-state index contributed by atoms with van der Waals surface area (Å²) in [6.45, 7) is 4.97. The molecule has 13 heavy (non-hydrogen) atoms. The summed E-state index contributed by atoms with van der Waals surface area (Å²) in [6.07, 6.45) is 0.972. The minimum absolute atomic E-state index is 0.891. The summed E-state index contributed by atoms with van der Waals surface area (Å²) in [7, 11) is 1.95. The Kier molecular flexibility index (Phi) is 4.88. The Bertz CT molecular complexity index is 236. The van der Waals surface area contributed by atoms with Crippen molar-refractivity contribution in [1.29, 1.82) is 0 Å². The fourth-order valence-electron chi connectivity index (χ4n) is 1.04. The van der Waals surface area contributed by atoms with E-state index in [0.717, 1.165) is 31.7 Å². The smallest absolute Gasteiger partial charge is 0.0797 e. The molecule has 1 aromatic heterocycles. The van der Waals surface area contributed by atoms with Crippen LogP contribution < -0.4 is 10.6 Å². The van der Waals surface area contributed by atoms with Crippen molar-refractivity contribution >= 4 is 11.5 Å². The third kappa shape index (κ3) is 3.38. The summed E-state index contributed by atoms with van der Waals surface area (Å²) in [4.78, 5) is 1.26. The Morgan fingerprint density at radius 1 is 1.38 bits per heavy atom. The Labute approximate surface area is 82.9 Å². The number of hydrogen-bond acceptors (Lipinski definition) is 5. The van der Waals surface area contributed by atoms with Crippen molar-refractivity contribution in [3.05, 3.63) is 10.6 Å². The lowest BCUT2D eigenvalue weighted by Crippen LogP contribution is -2.24. The highest BCUT2D eigenvalue weighted by atomic mass is 32.1. The molecule has 0 radical (unpaired) electrons. The summed E-state index contributed by atoms with van der Waals surface area (Å²) in [6, 6.07) is 0. The van der Waals surface area contributed by atoms with E-state index < -0.39 is 0 Å². The number of nitrogens with one attached hydrogen (secondary N) is 2. The van der Waals surface area contributed by atoms with Crippen LogP contribution in [0.3, 0.4) is 0 Å². The van der Waals surface area contributed by atoms with E-state index in [4.69, 9.17) is 0 Å². The highest BCUT2D eigenvalue weighted by Gasteiger charge is 2.03. The van der Waals surface area contributed by atoms with Crippen LogP contribution in [0, 0.1) is 0 Å². The summed E-state index contributed by atoms with van der Waals surface area (Å²) in [5.74, 6) is 0. The molecule has 0 amide bonds. The molecule has 0 fully saturated rings. The molecule has 0 unspecified atom stereocenters. The molecule has 0 aromatic carbocycles. The average molecular weight is 200 g/mol. The van der Waals surface area contributed by atoms with E-state index in [9.17, 15) is 0 Å². The topological polar surface area (TPSA) is 49.8 Å². The van der Waals surface area contributed by atoms with Gasteiger partial charge in [-0.25, -0.2) is 0 Å². The number of likely N-dealkylation sites (N-methyl/N-ethyl adjacent to an activating group) is 1. The summed E-state index contributed by atoms with van der Waals surface area (Å²) in [5, 5.41) is 10.5. The van der Waals surface area contributed by atoms with Gasteiger partial charge < -0.3 is 10.6 Å². The number of aromatic nitrogens is 2. The molecule has 0 spiro atoms. The minimum atomic E-state index is 0.891. The van der Waals surface area contributed by atoms with Crippen molar-refractivity contribution in [1.82, 2.24) is 20.2 Å². The second-order valence-corrected chi connectivity index (χ2v) is 3.62. The van der Waals surface area contributed by atoms with Gasteiger partial charge in [0.05, 0.1) is 10.6 Å². The van der Waals surface area contributed by atoms with E-state index in [-0.39, 0.29) is 0 Å². The molecule has 0 aliphatic heterocycles. The zero-order valence-corrected chi connectivity index (χ0v) is 8.95. The van der Waals surface area contributed by atoms with E-state index in [1.165, 1.54) is 16.4 Å². The molecule has 74 valence electrons. The van der Waals surface area contributed by atoms with Gasteiger partial charge in [-0.15, -0.1) is 5.10 Å². The van der Waals surface area contributed by atoms with Crippen LogP contribution in [0.15, 0.2) is 0 Å². The van der Waals surface area contributed by atoms with Gasteiger partial charge in [0.2, 0.25) is 0 Å². The molecule has 2 N–H and O–H groups in total. The van der Waals surface area contributed by atoms with Crippen LogP contribution in [-0.4, -0.2) is 29.7 Å². The van der Waals surface area contributed by atoms with Gasteiger partial charge in [0.1, 0.15) is 0 Å². The van der Waals surface area contributed by atoms with E-state index in [1.807, 2.05) is 7.05 Å². The van der Waals surface area contributed by atoms with E-state index in [1.54, 1.807) is 0 Å². The van der Waals surface area contributed by atoms with Crippen LogP contribution in [0.5, 0.6) is 0 Å². The lowest BCUT2D eigenvalue weighted by molar-refractivity contribution is 0.651. The minimum Gasteiger partial charge on any atom is -0.318 e. The SMILES string of the molecule is CCc1nnsc1CNCCNC. The molecular formula is C8H16N4S. The molecule has 0 saturated heterocycles. The molecule has 0 bridgehead atoms. The predicted octanol–water partition coefficient (Wildman–Crippen LogP) is 0.410. The highest BCUT2D eigenvalue weighted by Crippen LogP contribution is 2.09. The molecule has 0 atom stereocenters. The molecule has 0 aliphatic carbocycles. The maximum absolute atomic E-state index is 4.05. The van der Waals surface area contributed by atoms with Crippen LogP contribution in [0.2, 0.25) is 0 Å². The first-order valence-corrected chi connectivity index (χ1v) is 5.31. The summed E-state index contributed by atoms with van der Waals surface area (Å²) < 4.78 is 3.93. The maximum atomic E-state index is 4.05. The second kappa shape index (κ2) is 6.01. The molecule has 0 aliphatic rings. The van der Waals surface area contributed by atoms with Gasteiger partial charge in [0.25, 0.3) is 0 Å². The van der Waals surface area contributed by atoms with Crippen LogP contribution in [0.4, 0.5) is 0 Å². The van der Waals surface area contributed by atoms with Gasteiger partial charge in [-0.2, -0.15) is 0 Å². The molecule has 1 heterocycles. The van der Waals surface area contributed by atoms with Crippen molar-refractivity contribution in [3.8, 4) is 0 Å². The van der Waals surface area contributed by atoms with Gasteiger partial charge in [-0.05, 0) is 25.0 Å². The largest absolute Gasteiger partial charge is 0.318 e. The van der Waals surface area contributed by atoms with Crippen LogP contribution in [0.25, 0.3) is 0 Å². The fraction of sp³-hybridized carbons (Fsp3) is 0.750. The Balaban J connectivity index is 2.27. The fourth-order valence-corrected chi connectivity index (χ4v) is 1.74. The van der Waals surface area contributed by atoms with Crippen LogP contribution >= 0.6 is 11.5 Å². The Morgan fingerprint density at radius 2 is 2.23 bits per heavy atom. The van der Waals surface area contributed by atoms with Crippen molar-refractivity contribution < 1.29 is 0 Å². The van der Waals surface area contributed by atoms with Gasteiger partial charge >= 0.3 is 0 Å². The quantitative estimate of drug-likeness (QED) is 0.653. The van der Waals surface area contributed by atoms with Crippen molar-refractivity contribution in [2.24, 2.45) is 0 Å². The van der Waals surface area contributed by atoms with Crippen molar-refractivity contribution in [3.63, 3.8) is 0 Å². The summed E-state index contributed by atoms with van der Waals surface area (Å²) >= 11 is 1.49. The molecule has 0 saturated carbocycles. The lowest BCUT2D eigenvalue weighted by atomic mass is 10.3. The standard InChI is InChI=1S/C8H16N4S/c1-3-7-8(13-12-11-7)6-10-5-4-9-2/h9-10H,3-6H2,1-2H3. The average Bonchev–Trinajstić information content (AvgIpc) is 2.60. The lowest BCUT2D eigenvalue weighted by Gasteiger charge is -2.02. The van der Waals surface area contributed by atoms with Crippen LogP contribution in [-0.2, 0) is 13.0 Å². The van der Waals surface area contributed by atoms with Gasteiger partial charge in [-0.3, -0.25) is 0 Å². The Hall–Kier alpha value is -0.520. The third-order valence-electron chi connectivity index (χ3n) is 1.81. The first kappa shape index (κ1) is 10.6. The predicted molar refractivity (Wildman–Crippen MR) is 54.9 cm³/mol. The summed E-state index contributed by atoms with van der Waals surface area (Å²) in [5.41, 5.74) is 1.13. The molecule has 1 aromatic rings. The molecule has 5 heteroatoms. The number of hydrogen-bond donors (Lipinski definition) is 2. The monoisotopic (exact) mass is 200 g/mol. The van der Waals surface area contributed by atoms with E-state index in [0.29, 0.717) is 0 Å². The molecule has 4 nitrogen and oxygen atoms in total. The first-order valence-electron chi connectivity index (χ1n) is 4.54. The molecule has 1 rings (SSSR count). The van der Waals surface area contributed by atoms with E-state index in [2.05, 4.69) is 27.1 Å². The number of rotatable bonds is 6. The first-order chi connectivity index (χ1) is 6.38. The van der Waals surface area contributed by atoms with Gasteiger partial charge in [0.15, 0.2) is 0 Å². The zero-order chi connectivity index (χ0) is 9.52. The highest BCUT2D eigenvalue weighted by molar-refractivity contribution is 7.05. The van der Waals surface area contributed by atoms with Gasteiger partial charge in [0, 0.05) is 19.6 Å². The van der Waals surface area contributed by atoms with E-state index >= 15 is 0 Å². The maximum Gasteiger partial charge on any atom is 0.0797 e. The van der Waals surface area contributed by atoms with Crippen molar-refractivity contribution in [2.45, 2.75) is 19.9 Å². The second-order valence-electron chi connectivity index (χ2n) is 2.78. The zero-order valence-electron chi connectivity index (χ0n) is 8.13. The number of aryl methyl sites for hydroxylation is 1. The molecular weight excluding hydrogens is 184 g/mol. The third-order valence-corrected chi connectivity index (χ3v) is 2.57. The Morgan fingerprint density at radius 3 is 2.92 bits per heavy atom.